The summed E-state index contributed by atoms with van der Waals surface area (Å²) in [4.78, 5) is 30.3. The lowest BCUT2D eigenvalue weighted by atomic mass is 9.92. The highest BCUT2D eigenvalue weighted by Gasteiger charge is 2.21. The van der Waals surface area contributed by atoms with Gasteiger partial charge in [-0.2, -0.15) is 0 Å². The number of aromatic nitrogens is 4. The summed E-state index contributed by atoms with van der Waals surface area (Å²) < 4.78 is 0. The molecule has 114 valence electrons. The molecule has 0 unspecified atom stereocenters. The molecule has 0 atom stereocenters. The van der Waals surface area contributed by atoms with Crippen molar-refractivity contribution in [2.45, 2.75) is 26.2 Å². The minimum absolute atomic E-state index is 0.171. The average Bonchev–Trinajstić information content (AvgIpc) is 2.56. The van der Waals surface area contributed by atoms with E-state index in [9.17, 15) is 4.79 Å². The largest absolute Gasteiger partial charge is 0.343 e. The number of amides is 1. The molecule has 0 aromatic carbocycles. The Labute approximate surface area is 129 Å². The third kappa shape index (κ3) is 3.44. The molecule has 1 aliphatic heterocycles. The molecule has 1 amide bonds. The van der Waals surface area contributed by atoms with E-state index < -0.39 is 0 Å². The summed E-state index contributed by atoms with van der Waals surface area (Å²) in [6.07, 6.45) is 11.5. The molecule has 6 heteroatoms. The van der Waals surface area contributed by atoms with Gasteiger partial charge >= 0.3 is 0 Å². The van der Waals surface area contributed by atoms with Gasteiger partial charge in [0.2, 0.25) is 5.91 Å². The molecule has 0 radical (unpaired) electrons. The van der Waals surface area contributed by atoms with Gasteiger partial charge in [0.25, 0.3) is 0 Å². The maximum Gasteiger partial charge on any atom is 0.219 e. The highest BCUT2D eigenvalue weighted by atomic mass is 16.2. The Morgan fingerprint density at radius 3 is 2.55 bits per heavy atom. The quantitative estimate of drug-likeness (QED) is 0.863. The number of hydrogen-bond acceptors (Lipinski definition) is 5. The zero-order valence-corrected chi connectivity index (χ0v) is 12.6. The summed E-state index contributed by atoms with van der Waals surface area (Å²) >= 11 is 0. The molecule has 0 bridgehead atoms. The molecule has 3 heterocycles. The van der Waals surface area contributed by atoms with E-state index in [0.717, 1.165) is 49.3 Å². The lowest BCUT2D eigenvalue weighted by Crippen LogP contribution is -2.37. The maximum absolute atomic E-state index is 11.4. The van der Waals surface area contributed by atoms with Crippen molar-refractivity contribution >= 4 is 5.91 Å². The van der Waals surface area contributed by atoms with Gasteiger partial charge in [-0.15, -0.1) is 0 Å². The normalized spacial score (nSPS) is 15.8. The Balaban J connectivity index is 1.66. The van der Waals surface area contributed by atoms with Gasteiger partial charge < -0.3 is 4.90 Å². The highest BCUT2D eigenvalue weighted by molar-refractivity contribution is 5.73. The van der Waals surface area contributed by atoms with Crippen molar-refractivity contribution in [1.29, 1.82) is 0 Å². The first-order valence-electron chi connectivity index (χ1n) is 7.54. The summed E-state index contributed by atoms with van der Waals surface area (Å²) in [6.45, 7) is 3.33. The van der Waals surface area contributed by atoms with Crippen LogP contribution in [0.5, 0.6) is 0 Å². The minimum Gasteiger partial charge on any atom is -0.343 e. The van der Waals surface area contributed by atoms with Crippen LogP contribution in [0.2, 0.25) is 0 Å². The van der Waals surface area contributed by atoms with Crippen LogP contribution in [0.4, 0.5) is 0 Å². The van der Waals surface area contributed by atoms with Gasteiger partial charge in [0.05, 0.1) is 17.6 Å². The Hall–Kier alpha value is -2.37. The van der Waals surface area contributed by atoms with E-state index in [1.54, 1.807) is 25.5 Å². The maximum atomic E-state index is 11.4. The van der Waals surface area contributed by atoms with Crippen molar-refractivity contribution in [3.63, 3.8) is 0 Å². The predicted molar refractivity (Wildman–Crippen MR) is 81.7 cm³/mol. The van der Waals surface area contributed by atoms with E-state index in [-0.39, 0.29) is 5.91 Å². The second-order valence-corrected chi connectivity index (χ2v) is 5.68. The van der Waals surface area contributed by atoms with E-state index in [4.69, 9.17) is 0 Å². The van der Waals surface area contributed by atoms with Gasteiger partial charge in [-0.25, -0.2) is 15.0 Å². The van der Waals surface area contributed by atoms with Gasteiger partial charge in [0.15, 0.2) is 0 Å². The molecule has 2 aromatic heterocycles. The van der Waals surface area contributed by atoms with Crippen LogP contribution in [0.15, 0.2) is 31.1 Å². The second-order valence-electron chi connectivity index (χ2n) is 5.68. The number of hydrogen-bond donors (Lipinski definition) is 0. The molecule has 0 aliphatic carbocycles. The van der Waals surface area contributed by atoms with Crippen molar-refractivity contribution in [2.24, 2.45) is 5.92 Å². The Morgan fingerprint density at radius 2 is 1.86 bits per heavy atom. The third-order valence-electron chi connectivity index (χ3n) is 4.10. The summed E-state index contributed by atoms with van der Waals surface area (Å²) in [7, 11) is 0. The smallest absolute Gasteiger partial charge is 0.219 e. The first-order chi connectivity index (χ1) is 10.7. The monoisotopic (exact) mass is 297 g/mol. The van der Waals surface area contributed by atoms with Crippen molar-refractivity contribution in [2.75, 3.05) is 13.1 Å². The van der Waals surface area contributed by atoms with E-state index in [1.807, 2.05) is 11.1 Å². The lowest BCUT2D eigenvalue weighted by molar-refractivity contribution is -0.130. The SMILES string of the molecule is CC(=O)N1CCC(Cc2cncc(-c3cncnc3)n2)CC1. The molecule has 2 aromatic rings. The number of piperidine rings is 1. The Bertz CT molecular complexity index is 638. The van der Waals surface area contributed by atoms with Crippen LogP contribution in [0, 0.1) is 5.92 Å². The Morgan fingerprint density at radius 1 is 1.14 bits per heavy atom. The van der Waals surface area contributed by atoms with Gasteiger partial charge in [0, 0.05) is 44.2 Å². The van der Waals surface area contributed by atoms with Gasteiger partial charge in [-0.3, -0.25) is 9.78 Å². The highest BCUT2D eigenvalue weighted by Crippen LogP contribution is 2.22. The first kappa shape index (κ1) is 14.6. The number of nitrogens with zero attached hydrogens (tertiary/aromatic N) is 5. The fraction of sp³-hybridized carbons (Fsp3) is 0.438. The molecule has 0 N–H and O–H groups in total. The zero-order chi connectivity index (χ0) is 15.4. The zero-order valence-electron chi connectivity index (χ0n) is 12.6. The summed E-state index contributed by atoms with van der Waals surface area (Å²) in [6, 6.07) is 0. The van der Waals surface area contributed by atoms with Crippen LogP contribution < -0.4 is 0 Å². The van der Waals surface area contributed by atoms with E-state index in [1.165, 1.54) is 6.33 Å². The molecule has 0 saturated carbocycles. The number of carbonyl (C=O) groups is 1. The van der Waals surface area contributed by atoms with Crippen molar-refractivity contribution in [3.8, 4) is 11.3 Å². The van der Waals surface area contributed by atoms with Crippen molar-refractivity contribution in [3.05, 3.63) is 36.8 Å². The van der Waals surface area contributed by atoms with Crippen LogP contribution in [0.1, 0.15) is 25.5 Å². The fourth-order valence-corrected chi connectivity index (χ4v) is 2.82. The van der Waals surface area contributed by atoms with E-state index >= 15 is 0 Å². The van der Waals surface area contributed by atoms with Crippen molar-refractivity contribution < 1.29 is 4.79 Å². The van der Waals surface area contributed by atoms with Crippen LogP contribution in [0.25, 0.3) is 11.3 Å². The fourth-order valence-electron chi connectivity index (χ4n) is 2.82. The summed E-state index contributed by atoms with van der Waals surface area (Å²) in [5.74, 6) is 0.733. The van der Waals surface area contributed by atoms with E-state index in [0.29, 0.717) is 5.92 Å². The molecule has 3 rings (SSSR count). The predicted octanol–water partition coefficient (Wildman–Crippen LogP) is 1.73. The number of carbonyl (C=O) groups excluding carboxylic acids is 1. The second kappa shape index (κ2) is 6.60. The molecule has 1 fully saturated rings. The van der Waals surface area contributed by atoms with Crippen LogP contribution >= 0.6 is 0 Å². The molecule has 0 spiro atoms. The molecule has 1 aliphatic rings. The van der Waals surface area contributed by atoms with Crippen LogP contribution in [-0.4, -0.2) is 43.8 Å². The average molecular weight is 297 g/mol. The number of rotatable bonds is 3. The van der Waals surface area contributed by atoms with E-state index in [2.05, 4.69) is 19.9 Å². The minimum atomic E-state index is 0.171. The Kier molecular flexibility index (Phi) is 4.37. The van der Waals surface area contributed by atoms with Crippen molar-refractivity contribution in [1.82, 2.24) is 24.8 Å². The van der Waals surface area contributed by atoms with Crippen LogP contribution in [-0.2, 0) is 11.2 Å². The molecular weight excluding hydrogens is 278 g/mol. The molecule has 1 saturated heterocycles. The third-order valence-corrected chi connectivity index (χ3v) is 4.10. The first-order valence-corrected chi connectivity index (χ1v) is 7.54. The van der Waals surface area contributed by atoms with Gasteiger partial charge in [-0.05, 0) is 25.2 Å². The van der Waals surface area contributed by atoms with Crippen LogP contribution in [0.3, 0.4) is 0 Å². The topological polar surface area (TPSA) is 71.9 Å². The summed E-state index contributed by atoms with van der Waals surface area (Å²) in [5.41, 5.74) is 2.67. The standard InChI is InChI=1S/C16H19N5O/c1-12(22)21-4-2-13(3-5-21)6-15-9-17-10-16(20-15)14-7-18-11-19-8-14/h7-11,13H,2-6H2,1H3. The van der Waals surface area contributed by atoms with Gasteiger partial charge in [-0.1, -0.05) is 0 Å². The van der Waals surface area contributed by atoms with Gasteiger partial charge in [0.1, 0.15) is 6.33 Å². The lowest BCUT2D eigenvalue weighted by Gasteiger charge is -2.31. The molecule has 22 heavy (non-hydrogen) atoms. The molecule has 6 nitrogen and oxygen atoms in total. The number of likely N-dealkylation sites (tertiary alicyclic amines) is 1. The summed E-state index contributed by atoms with van der Waals surface area (Å²) in [5, 5.41) is 0. The molecular formula is C16H19N5O.